The van der Waals surface area contributed by atoms with Gasteiger partial charge in [0.2, 0.25) is 0 Å². The summed E-state index contributed by atoms with van der Waals surface area (Å²) in [7, 11) is -2.83. The number of benzene rings is 1. The second-order valence-electron chi connectivity index (χ2n) is 5.67. The van der Waals surface area contributed by atoms with Crippen LogP contribution in [-0.2, 0) is 14.8 Å². The predicted molar refractivity (Wildman–Crippen MR) is 92.2 cm³/mol. The van der Waals surface area contributed by atoms with Crippen LogP contribution in [0.25, 0.3) is 0 Å². The number of phenols is 1. The summed E-state index contributed by atoms with van der Waals surface area (Å²) in [6.07, 6.45) is 1.96. The number of hydrogen-bond donors (Lipinski definition) is 3. The number of methoxy groups -OCH3 is 1. The number of carbonyl (C=O) groups excluding carboxylic acids is 1. The van der Waals surface area contributed by atoms with Gasteiger partial charge in [-0.05, 0) is 30.5 Å². The van der Waals surface area contributed by atoms with Crippen molar-refractivity contribution in [1.82, 2.24) is 10.2 Å². The molecular formula is C16H21N3O5S. The molecule has 0 aliphatic heterocycles. The molecule has 1 atom stereocenters. The highest BCUT2D eigenvalue weighted by molar-refractivity contribution is 7.92. The Hall–Kier alpha value is -2.55. The summed E-state index contributed by atoms with van der Waals surface area (Å²) >= 11 is 0. The van der Waals surface area contributed by atoms with Crippen molar-refractivity contribution in [2.45, 2.75) is 37.5 Å². The number of ether oxygens (including phenoxy) is 1. The molecule has 25 heavy (non-hydrogen) atoms. The van der Waals surface area contributed by atoms with E-state index in [1.165, 1.54) is 6.07 Å². The van der Waals surface area contributed by atoms with Crippen molar-refractivity contribution in [3.8, 4) is 5.75 Å². The van der Waals surface area contributed by atoms with Gasteiger partial charge in [-0.25, -0.2) is 13.2 Å². The fraction of sp³-hybridized carbons (Fsp3) is 0.375. The van der Waals surface area contributed by atoms with Gasteiger partial charge in [-0.15, -0.1) is 0 Å². The molecule has 2 aromatic rings. The largest absolute Gasteiger partial charge is 0.507 e. The van der Waals surface area contributed by atoms with Crippen molar-refractivity contribution in [2.24, 2.45) is 0 Å². The minimum atomic E-state index is -3.97. The maximum absolute atomic E-state index is 12.5. The van der Waals surface area contributed by atoms with Gasteiger partial charge in [-0.1, -0.05) is 20.3 Å². The number of H-pyrrole nitrogens is 1. The van der Waals surface area contributed by atoms with Crippen LogP contribution >= 0.6 is 0 Å². The molecule has 0 amide bonds. The molecule has 0 radical (unpaired) electrons. The van der Waals surface area contributed by atoms with E-state index < -0.39 is 16.0 Å². The summed E-state index contributed by atoms with van der Waals surface area (Å²) in [6, 6.07) is 5.01. The molecule has 9 heteroatoms. The highest BCUT2D eigenvalue weighted by Crippen LogP contribution is 2.25. The summed E-state index contributed by atoms with van der Waals surface area (Å²) in [5.74, 6) is -0.799. The minimum Gasteiger partial charge on any atom is -0.507 e. The van der Waals surface area contributed by atoms with Gasteiger partial charge in [-0.3, -0.25) is 9.82 Å². The summed E-state index contributed by atoms with van der Waals surface area (Å²) in [4.78, 5) is 11.4. The van der Waals surface area contributed by atoms with E-state index in [-0.39, 0.29) is 27.9 Å². The molecule has 1 heterocycles. The number of esters is 1. The molecule has 0 saturated carbocycles. The fourth-order valence-electron chi connectivity index (χ4n) is 2.38. The quantitative estimate of drug-likeness (QED) is 0.647. The number of aromatic hydroxyl groups is 1. The first-order valence-electron chi connectivity index (χ1n) is 7.78. The zero-order valence-corrected chi connectivity index (χ0v) is 15.1. The molecule has 136 valence electrons. The maximum Gasteiger partial charge on any atom is 0.341 e. The third-order valence-electron chi connectivity index (χ3n) is 3.77. The number of aromatic nitrogens is 2. The van der Waals surface area contributed by atoms with Gasteiger partial charge in [0.15, 0.2) is 5.82 Å². The molecule has 0 aliphatic rings. The first-order valence-corrected chi connectivity index (χ1v) is 9.26. The zero-order chi connectivity index (χ0) is 18.6. The second-order valence-corrected chi connectivity index (χ2v) is 7.36. The lowest BCUT2D eigenvalue weighted by atomic mass is 10.0. The summed E-state index contributed by atoms with van der Waals surface area (Å²) in [5.41, 5.74) is 0.602. The fourth-order valence-corrected chi connectivity index (χ4v) is 3.40. The Morgan fingerprint density at radius 3 is 2.76 bits per heavy atom. The second kappa shape index (κ2) is 7.56. The number of aromatic amines is 1. The lowest BCUT2D eigenvalue weighted by Gasteiger charge is -2.08. The van der Waals surface area contributed by atoms with Crippen LogP contribution in [0, 0.1) is 0 Å². The van der Waals surface area contributed by atoms with Crippen molar-refractivity contribution in [3.63, 3.8) is 0 Å². The van der Waals surface area contributed by atoms with E-state index in [0.717, 1.165) is 37.8 Å². The van der Waals surface area contributed by atoms with Crippen LogP contribution in [0.2, 0.25) is 0 Å². The number of nitrogens with zero attached hydrogens (tertiary/aromatic N) is 1. The average molecular weight is 367 g/mol. The standard InChI is InChI=1S/C16H21N3O5S/c1-4-5-10(2)13-9-15(18-17-13)19-25(22,23)11-6-7-14(20)12(8-11)16(21)24-3/h6-10,20H,4-5H2,1-3H3,(H2,17,18,19)/t10-/m1/s1. The monoisotopic (exact) mass is 367 g/mol. The number of anilines is 1. The zero-order valence-electron chi connectivity index (χ0n) is 14.2. The van der Waals surface area contributed by atoms with E-state index in [0.29, 0.717) is 0 Å². The molecule has 0 saturated heterocycles. The van der Waals surface area contributed by atoms with Crippen LogP contribution in [0.4, 0.5) is 5.82 Å². The van der Waals surface area contributed by atoms with Crippen LogP contribution in [0.3, 0.4) is 0 Å². The number of sulfonamides is 1. The van der Waals surface area contributed by atoms with Gasteiger partial charge in [0.1, 0.15) is 11.3 Å². The first kappa shape index (κ1) is 18.8. The smallest absolute Gasteiger partial charge is 0.341 e. The summed E-state index contributed by atoms with van der Waals surface area (Å²) < 4.78 is 31.8. The predicted octanol–water partition coefficient (Wildman–Crippen LogP) is 2.61. The SMILES string of the molecule is CCC[C@@H](C)c1cc(NS(=O)(=O)c2ccc(O)c(C(=O)OC)c2)n[nH]1. The molecule has 1 aromatic heterocycles. The molecule has 0 spiro atoms. The van der Waals surface area contributed by atoms with Gasteiger partial charge in [0.25, 0.3) is 10.0 Å². The molecule has 0 aliphatic carbocycles. The van der Waals surface area contributed by atoms with Gasteiger partial charge < -0.3 is 9.84 Å². The number of rotatable bonds is 7. The topological polar surface area (TPSA) is 121 Å². The Labute approximate surface area is 146 Å². The molecule has 0 fully saturated rings. The third-order valence-corrected chi connectivity index (χ3v) is 5.13. The van der Waals surface area contributed by atoms with E-state index >= 15 is 0 Å². The van der Waals surface area contributed by atoms with Gasteiger partial charge in [0.05, 0.1) is 12.0 Å². The van der Waals surface area contributed by atoms with Gasteiger partial charge in [-0.2, -0.15) is 5.10 Å². The number of carbonyl (C=O) groups is 1. The molecule has 1 aromatic carbocycles. The third kappa shape index (κ3) is 4.30. The summed E-state index contributed by atoms with van der Waals surface area (Å²) in [6.45, 7) is 4.10. The van der Waals surface area contributed by atoms with Crippen molar-refractivity contribution >= 4 is 21.8 Å². The van der Waals surface area contributed by atoms with Crippen molar-refractivity contribution in [1.29, 1.82) is 0 Å². The van der Waals surface area contributed by atoms with E-state index in [1.807, 2.05) is 6.92 Å². The molecule has 8 nitrogen and oxygen atoms in total. The average Bonchev–Trinajstić information content (AvgIpc) is 3.02. The Balaban J connectivity index is 2.26. The van der Waals surface area contributed by atoms with E-state index in [4.69, 9.17) is 0 Å². The van der Waals surface area contributed by atoms with Crippen molar-refractivity contribution in [2.75, 3.05) is 11.8 Å². The highest BCUT2D eigenvalue weighted by Gasteiger charge is 2.21. The Morgan fingerprint density at radius 1 is 1.40 bits per heavy atom. The molecule has 3 N–H and O–H groups in total. The van der Waals surface area contributed by atoms with Crippen LogP contribution in [0.5, 0.6) is 5.75 Å². The van der Waals surface area contributed by atoms with Gasteiger partial charge >= 0.3 is 5.97 Å². The summed E-state index contributed by atoms with van der Waals surface area (Å²) in [5, 5.41) is 16.5. The van der Waals surface area contributed by atoms with Gasteiger partial charge in [0, 0.05) is 11.8 Å². The number of nitrogens with one attached hydrogen (secondary N) is 2. The molecule has 0 bridgehead atoms. The minimum absolute atomic E-state index is 0.158. The van der Waals surface area contributed by atoms with Crippen LogP contribution in [-0.4, -0.2) is 36.8 Å². The van der Waals surface area contributed by atoms with Crippen molar-refractivity contribution < 1.29 is 23.1 Å². The number of hydrogen-bond acceptors (Lipinski definition) is 6. The molecule has 0 unspecified atom stereocenters. The normalized spacial score (nSPS) is 12.6. The first-order chi connectivity index (χ1) is 11.8. The van der Waals surface area contributed by atoms with E-state index in [2.05, 4.69) is 26.6 Å². The maximum atomic E-state index is 12.5. The van der Waals surface area contributed by atoms with Crippen LogP contribution in [0.1, 0.15) is 48.7 Å². The van der Waals surface area contributed by atoms with E-state index in [9.17, 15) is 18.3 Å². The van der Waals surface area contributed by atoms with E-state index in [1.54, 1.807) is 6.07 Å². The van der Waals surface area contributed by atoms with Crippen LogP contribution in [0.15, 0.2) is 29.2 Å². The molecule has 2 rings (SSSR count). The Bertz CT molecular complexity index is 860. The number of phenolic OH excluding ortho intramolecular Hbond substituents is 1. The van der Waals surface area contributed by atoms with Crippen molar-refractivity contribution in [3.05, 3.63) is 35.5 Å². The highest BCUT2D eigenvalue weighted by atomic mass is 32.2. The molecular weight excluding hydrogens is 346 g/mol. The Kier molecular flexibility index (Phi) is 5.68. The Morgan fingerprint density at radius 2 is 2.12 bits per heavy atom. The lowest BCUT2D eigenvalue weighted by molar-refractivity contribution is 0.0597. The van der Waals surface area contributed by atoms with Crippen LogP contribution < -0.4 is 4.72 Å². The lowest BCUT2D eigenvalue weighted by Crippen LogP contribution is -2.14.